The standard InChI is InChI=1S/C19H22N4S.ClH.Cu/c24-19(23-14-8-1-2-9-15-23)22-21-18(16-10-4-3-5-11-16)17-12-6-7-13-20-17;;/h3-7,10-13H,1-2,8-9,14-15H2,(H,22,24);1H;/q;;+2/p-1. The fraction of sp³-hybridized carbons (Fsp3) is 0.316. The second kappa shape index (κ2) is 12.0. The predicted octanol–water partition coefficient (Wildman–Crippen LogP) is 4.27. The zero-order valence-electron chi connectivity index (χ0n) is 14.4. The van der Waals surface area contributed by atoms with Crippen molar-refractivity contribution in [3.8, 4) is 0 Å². The number of thiocarbonyl (C=S) groups is 1. The molecule has 1 aromatic carbocycles. The van der Waals surface area contributed by atoms with E-state index >= 15 is 0 Å². The van der Waals surface area contributed by atoms with E-state index in [1.54, 1.807) is 6.20 Å². The number of rotatable bonds is 3. The van der Waals surface area contributed by atoms with E-state index in [2.05, 4.69) is 45.6 Å². The number of hydrogen-bond donors (Lipinski definition) is 1. The maximum atomic E-state index is 5.54. The third kappa shape index (κ3) is 6.36. The average Bonchev–Trinajstić information content (AvgIpc) is 3.01. The van der Waals surface area contributed by atoms with E-state index in [1.807, 2.05) is 48.5 Å². The monoisotopic (exact) mass is 436 g/mol. The van der Waals surface area contributed by atoms with Crippen molar-refractivity contribution in [3.05, 3.63) is 66.0 Å². The molecule has 0 atom stereocenters. The van der Waals surface area contributed by atoms with E-state index in [1.165, 1.54) is 25.7 Å². The summed E-state index contributed by atoms with van der Waals surface area (Å²) in [5, 5.41) is 5.29. The zero-order chi connectivity index (χ0) is 18.6. The molecule has 4 nitrogen and oxygen atoms in total. The Labute approximate surface area is 173 Å². The van der Waals surface area contributed by atoms with Crippen LogP contribution < -0.4 is 5.43 Å². The van der Waals surface area contributed by atoms with Crippen LogP contribution in [0.4, 0.5) is 0 Å². The van der Waals surface area contributed by atoms with Gasteiger partial charge >= 0.3 is 25.2 Å². The van der Waals surface area contributed by atoms with Crippen LogP contribution >= 0.6 is 22.3 Å². The Morgan fingerprint density at radius 1 is 1.00 bits per heavy atom. The van der Waals surface area contributed by atoms with Gasteiger partial charge in [-0.15, -0.1) is 0 Å². The van der Waals surface area contributed by atoms with Crippen LogP contribution in [-0.2, 0) is 15.1 Å². The zero-order valence-corrected chi connectivity index (χ0v) is 16.9. The summed E-state index contributed by atoms with van der Waals surface area (Å²) in [6.07, 6.45) is 6.73. The van der Waals surface area contributed by atoms with Gasteiger partial charge in [0.15, 0.2) is 5.11 Å². The van der Waals surface area contributed by atoms with Crippen LogP contribution in [0.1, 0.15) is 36.9 Å². The van der Waals surface area contributed by atoms with Gasteiger partial charge in [0.1, 0.15) is 5.71 Å². The van der Waals surface area contributed by atoms with Crippen LogP contribution in [0, 0.1) is 0 Å². The topological polar surface area (TPSA) is 40.5 Å². The van der Waals surface area contributed by atoms with Crippen molar-refractivity contribution in [2.45, 2.75) is 25.7 Å². The van der Waals surface area contributed by atoms with Crippen molar-refractivity contribution in [1.29, 1.82) is 0 Å². The Bertz CT molecular complexity index is 648. The Balaban J connectivity index is 0.00000117. The van der Waals surface area contributed by atoms with Crippen LogP contribution in [0.3, 0.4) is 0 Å². The van der Waals surface area contributed by atoms with E-state index in [0.717, 1.165) is 30.1 Å². The van der Waals surface area contributed by atoms with Crippen LogP contribution in [-0.4, -0.2) is 33.8 Å². The molecule has 2 aromatic rings. The molecule has 0 bridgehead atoms. The number of likely N-dealkylation sites (tertiary alicyclic amines) is 1. The Morgan fingerprint density at radius 2 is 1.65 bits per heavy atom. The Hall–Kier alpha value is -1.46. The summed E-state index contributed by atoms with van der Waals surface area (Å²) in [5.74, 6) is 0. The first-order valence-electron chi connectivity index (χ1n) is 8.55. The minimum atomic E-state index is 0.696. The molecule has 2 heterocycles. The number of nitrogens with zero attached hydrogens (tertiary/aromatic N) is 3. The molecule has 1 fully saturated rings. The number of hydrazone groups is 1. The van der Waals surface area contributed by atoms with Crippen molar-refractivity contribution < 1.29 is 15.1 Å². The Kier molecular flexibility index (Phi) is 9.64. The number of benzene rings is 1. The summed E-state index contributed by atoms with van der Waals surface area (Å²) in [5.41, 5.74) is 5.73. The maximum absolute atomic E-state index is 5.54. The normalized spacial score (nSPS) is 14.7. The third-order valence-electron chi connectivity index (χ3n) is 4.11. The van der Waals surface area contributed by atoms with E-state index in [9.17, 15) is 0 Å². The van der Waals surface area contributed by atoms with Crippen LogP contribution in [0.25, 0.3) is 0 Å². The fourth-order valence-electron chi connectivity index (χ4n) is 2.82. The van der Waals surface area contributed by atoms with Crippen LogP contribution in [0.5, 0.6) is 0 Å². The molecule has 0 radical (unpaired) electrons. The van der Waals surface area contributed by atoms with Gasteiger partial charge in [0, 0.05) is 24.8 Å². The predicted molar refractivity (Wildman–Crippen MR) is 108 cm³/mol. The molecule has 1 aliphatic heterocycles. The van der Waals surface area contributed by atoms with Gasteiger partial charge in [-0.2, -0.15) is 5.10 Å². The first kappa shape index (κ1) is 20.8. The second-order valence-electron chi connectivity index (χ2n) is 5.86. The number of pyridine rings is 1. The van der Waals surface area contributed by atoms with Crippen molar-refractivity contribution in [1.82, 2.24) is 15.3 Å². The molecule has 0 amide bonds. The summed E-state index contributed by atoms with van der Waals surface area (Å²) in [6, 6.07) is 15.9. The molecule has 3 rings (SSSR count). The van der Waals surface area contributed by atoms with Gasteiger partial charge in [0.25, 0.3) is 0 Å². The van der Waals surface area contributed by atoms with Gasteiger partial charge in [0.2, 0.25) is 0 Å². The molecule has 0 aliphatic carbocycles. The quantitative estimate of drug-likeness (QED) is 0.337. The average molecular weight is 437 g/mol. The first-order valence-corrected chi connectivity index (χ1v) is 10.3. The Morgan fingerprint density at radius 3 is 2.27 bits per heavy atom. The van der Waals surface area contributed by atoms with Crippen LogP contribution in [0.2, 0.25) is 0 Å². The molecular formula is C19H22ClCuN4S+. The summed E-state index contributed by atoms with van der Waals surface area (Å²) in [6.45, 7) is 2.01. The molecule has 0 spiro atoms. The van der Waals surface area contributed by atoms with Gasteiger partial charge < -0.3 is 4.90 Å². The summed E-state index contributed by atoms with van der Waals surface area (Å²) in [7, 11) is 4.20. The second-order valence-corrected chi connectivity index (χ2v) is 6.25. The fourth-order valence-corrected chi connectivity index (χ4v) is 3.04. The van der Waals surface area contributed by atoms with Gasteiger partial charge in [-0.3, -0.25) is 10.4 Å². The van der Waals surface area contributed by atoms with Crippen molar-refractivity contribution in [2.24, 2.45) is 5.10 Å². The summed E-state index contributed by atoms with van der Waals surface area (Å²) >= 11 is 9.20. The van der Waals surface area contributed by atoms with Gasteiger partial charge in [-0.05, 0) is 37.2 Å². The number of aromatic nitrogens is 1. The molecular weight excluding hydrogens is 415 g/mol. The molecule has 141 valence electrons. The summed E-state index contributed by atoms with van der Waals surface area (Å²) in [4.78, 5) is 6.65. The summed E-state index contributed by atoms with van der Waals surface area (Å²) < 4.78 is 0. The minimum absolute atomic E-state index is 0.696. The first-order chi connectivity index (χ1) is 12.8. The molecule has 1 N–H and O–H groups in total. The molecule has 1 aliphatic rings. The van der Waals surface area contributed by atoms with Crippen molar-refractivity contribution in [3.63, 3.8) is 0 Å². The van der Waals surface area contributed by atoms with E-state index in [4.69, 9.17) is 12.2 Å². The SMILES string of the molecule is S=C(NN=C(c1ccccc1)c1ccccn1)N1CCCCCC1.[Cl][Cu+]. The molecule has 1 saturated heterocycles. The van der Waals surface area contributed by atoms with E-state index in [-0.39, 0.29) is 0 Å². The van der Waals surface area contributed by atoms with Gasteiger partial charge in [0.05, 0.1) is 5.69 Å². The van der Waals surface area contributed by atoms with Crippen molar-refractivity contribution >= 4 is 33.1 Å². The number of hydrogen-bond acceptors (Lipinski definition) is 3. The molecule has 0 saturated carbocycles. The third-order valence-corrected chi connectivity index (χ3v) is 4.46. The molecule has 26 heavy (non-hydrogen) atoms. The van der Waals surface area contributed by atoms with Gasteiger partial charge in [-0.1, -0.05) is 49.2 Å². The van der Waals surface area contributed by atoms with Crippen LogP contribution in [0.15, 0.2) is 59.8 Å². The molecule has 7 heteroatoms. The number of nitrogens with one attached hydrogen (secondary N) is 1. The molecule has 1 aromatic heterocycles. The molecule has 0 unspecified atom stereocenters. The van der Waals surface area contributed by atoms with E-state index < -0.39 is 0 Å². The van der Waals surface area contributed by atoms with E-state index in [0.29, 0.717) is 5.11 Å². The number of halogens is 1. The van der Waals surface area contributed by atoms with Crippen molar-refractivity contribution in [2.75, 3.05) is 13.1 Å². The van der Waals surface area contributed by atoms with Gasteiger partial charge in [-0.25, -0.2) is 0 Å².